The Hall–Kier alpha value is -1.03. The van der Waals surface area contributed by atoms with Gasteiger partial charge in [-0.05, 0) is 44.6 Å². The van der Waals surface area contributed by atoms with Crippen LogP contribution in [0.2, 0.25) is 0 Å². The molecule has 1 amide bonds. The molecule has 0 spiro atoms. The van der Waals surface area contributed by atoms with E-state index in [1.807, 2.05) is 24.9 Å². The number of aryl methyl sites for hydroxylation is 1. The Morgan fingerprint density at radius 3 is 2.53 bits per heavy atom. The quantitative estimate of drug-likeness (QED) is 0.918. The fraction of sp³-hybridized carbons (Fsp3) is 0.667. The lowest BCUT2D eigenvalue weighted by Crippen LogP contribution is -2.39. The highest BCUT2D eigenvalue weighted by atomic mass is 32.1. The van der Waals surface area contributed by atoms with Gasteiger partial charge in [-0.15, -0.1) is 11.3 Å². The molecule has 2 N–H and O–H groups in total. The third-order valence-electron chi connectivity index (χ3n) is 4.43. The van der Waals surface area contributed by atoms with Gasteiger partial charge in [0.1, 0.15) is 0 Å². The summed E-state index contributed by atoms with van der Waals surface area (Å²) in [5, 5.41) is 0. The van der Waals surface area contributed by atoms with E-state index >= 15 is 0 Å². The lowest BCUT2D eigenvalue weighted by atomic mass is 9.84. The summed E-state index contributed by atoms with van der Waals surface area (Å²) < 4.78 is 0. The smallest absolute Gasteiger partial charge is 0.263 e. The number of rotatable bonds is 3. The van der Waals surface area contributed by atoms with Crippen LogP contribution in [0.5, 0.6) is 0 Å². The molecule has 1 aromatic rings. The van der Waals surface area contributed by atoms with Gasteiger partial charge in [0.15, 0.2) is 0 Å². The number of nitrogens with two attached hydrogens (primary N) is 1. The zero-order chi connectivity index (χ0) is 14.0. The molecule has 0 aromatic carbocycles. The van der Waals surface area contributed by atoms with Crippen LogP contribution in [-0.4, -0.2) is 23.9 Å². The first kappa shape index (κ1) is 14.4. The van der Waals surface area contributed by atoms with Crippen LogP contribution < -0.4 is 5.73 Å². The molecule has 1 saturated carbocycles. The van der Waals surface area contributed by atoms with E-state index in [0.29, 0.717) is 6.04 Å². The van der Waals surface area contributed by atoms with Crippen molar-refractivity contribution < 1.29 is 4.79 Å². The molecule has 2 rings (SSSR count). The monoisotopic (exact) mass is 280 g/mol. The zero-order valence-corrected chi connectivity index (χ0v) is 12.9. The highest BCUT2D eigenvalue weighted by molar-refractivity contribution is 7.14. The SMILES string of the molecule is CCC1CCC(N(C)C(=O)c2cc(N)c(C)s2)CC1. The summed E-state index contributed by atoms with van der Waals surface area (Å²) in [5.74, 6) is 0.990. The number of nitrogen functional groups attached to an aromatic ring is 1. The highest BCUT2D eigenvalue weighted by Gasteiger charge is 2.27. The number of thiophene rings is 1. The molecule has 3 nitrogen and oxygen atoms in total. The molecule has 0 bridgehead atoms. The molecule has 1 fully saturated rings. The molecule has 106 valence electrons. The number of amides is 1. The van der Waals surface area contributed by atoms with Crippen molar-refractivity contribution in [3.8, 4) is 0 Å². The first-order valence-electron chi connectivity index (χ1n) is 7.16. The average molecular weight is 280 g/mol. The first-order valence-corrected chi connectivity index (χ1v) is 7.97. The van der Waals surface area contributed by atoms with Crippen molar-refractivity contribution in [1.29, 1.82) is 0 Å². The largest absolute Gasteiger partial charge is 0.398 e. The predicted octanol–water partition coefficient (Wildman–Crippen LogP) is 3.68. The minimum Gasteiger partial charge on any atom is -0.398 e. The Morgan fingerprint density at radius 1 is 1.42 bits per heavy atom. The summed E-state index contributed by atoms with van der Waals surface area (Å²) in [7, 11) is 1.94. The van der Waals surface area contributed by atoms with Gasteiger partial charge in [-0.1, -0.05) is 13.3 Å². The van der Waals surface area contributed by atoms with Gasteiger partial charge >= 0.3 is 0 Å². The average Bonchev–Trinajstić information content (AvgIpc) is 2.77. The van der Waals surface area contributed by atoms with Crippen LogP contribution in [-0.2, 0) is 0 Å². The number of carbonyl (C=O) groups excluding carboxylic acids is 1. The van der Waals surface area contributed by atoms with Crippen LogP contribution in [0, 0.1) is 12.8 Å². The lowest BCUT2D eigenvalue weighted by Gasteiger charge is -2.34. The minimum atomic E-state index is 0.129. The Balaban J connectivity index is 2.00. The second-order valence-corrected chi connectivity index (χ2v) is 6.88. The van der Waals surface area contributed by atoms with E-state index in [1.165, 1.54) is 30.6 Å². The minimum absolute atomic E-state index is 0.129. The zero-order valence-electron chi connectivity index (χ0n) is 12.1. The number of anilines is 1. The molecule has 1 aliphatic carbocycles. The van der Waals surface area contributed by atoms with Gasteiger partial charge in [0.2, 0.25) is 0 Å². The fourth-order valence-electron chi connectivity index (χ4n) is 2.88. The summed E-state index contributed by atoms with van der Waals surface area (Å²) in [6.45, 7) is 4.22. The van der Waals surface area contributed by atoms with Crippen LogP contribution in [0.15, 0.2) is 6.07 Å². The van der Waals surface area contributed by atoms with Crippen LogP contribution in [0.3, 0.4) is 0 Å². The van der Waals surface area contributed by atoms with Crippen molar-refractivity contribution in [2.75, 3.05) is 12.8 Å². The third-order valence-corrected chi connectivity index (χ3v) is 5.48. The summed E-state index contributed by atoms with van der Waals surface area (Å²) in [4.78, 5) is 16.2. The second-order valence-electron chi connectivity index (χ2n) is 5.62. The molecule has 1 aliphatic rings. The van der Waals surface area contributed by atoms with Gasteiger partial charge < -0.3 is 10.6 Å². The van der Waals surface area contributed by atoms with E-state index in [0.717, 1.165) is 34.2 Å². The third kappa shape index (κ3) is 3.11. The van der Waals surface area contributed by atoms with E-state index in [9.17, 15) is 4.79 Å². The number of hydrogen-bond donors (Lipinski definition) is 1. The topological polar surface area (TPSA) is 46.3 Å². The Labute approximate surface area is 119 Å². The Morgan fingerprint density at radius 2 is 2.05 bits per heavy atom. The number of nitrogens with zero attached hydrogens (tertiary/aromatic N) is 1. The summed E-state index contributed by atoms with van der Waals surface area (Å²) in [5.41, 5.74) is 6.57. The van der Waals surface area contributed by atoms with E-state index in [-0.39, 0.29) is 5.91 Å². The van der Waals surface area contributed by atoms with E-state index in [2.05, 4.69) is 6.92 Å². The molecule has 0 saturated heterocycles. The molecule has 19 heavy (non-hydrogen) atoms. The molecule has 0 atom stereocenters. The van der Waals surface area contributed by atoms with Gasteiger partial charge in [-0.2, -0.15) is 0 Å². The first-order chi connectivity index (χ1) is 9.02. The standard InChI is InChI=1S/C15H24N2OS/c1-4-11-5-7-12(8-6-11)17(3)15(18)14-9-13(16)10(2)19-14/h9,11-12H,4-8,16H2,1-3H3. The summed E-state index contributed by atoms with van der Waals surface area (Å²) >= 11 is 1.50. The van der Waals surface area contributed by atoms with Crippen molar-refractivity contribution in [2.45, 2.75) is 52.0 Å². The van der Waals surface area contributed by atoms with Crippen molar-refractivity contribution in [3.05, 3.63) is 15.8 Å². The lowest BCUT2D eigenvalue weighted by molar-refractivity contribution is 0.0679. The molecule has 1 aromatic heterocycles. The normalized spacial score (nSPS) is 23.3. The number of hydrogen-bond acceptors (Lipinski definition) is 3. The van der Waals surface area contributed by atoms with Gasteiger partial charge in [0, 0.05) is 23.7 Å². The van der Waals surface area contributed by atoms with Crippen molar-refractivity contribution in [2.24, 2.45) is 5.92 Å². The second kappa shape index (κ2) is 5.95. The van der Waals surface area contributed by atoms with Crippen molar-refractivity contribution >= 4 is 22.9 Å². The van der Waals surface area contributed by atoms with Gasteiger partial charge in [0.05, 0.1) is 4.88 Å². The molecule has 0 unspecified atom stereocenters. The molecule has 1 heterocycles. The highest BCUT2D eigenvalue weighted by Crippen LogP contribution is 2.31. The van der Waals surface area contributed by atoms with Crippen LogP contribution in [0.25, 0.3) is 0 Å². The molecule has 0 aliphatic heterocycles. The molecule has 4 heteroatoms. The van der Waals surface area contributed by atoms with Crippen molar-refractivity contribution in [3.63, 3.8) is 0 Å². The van der Waals surface area contributed by atoms with Crippen LogP contribution >= 0.6 is 11.3 Å². The summed E-state index contributed by atoms with van der Waals surface area (Å²) in [6, 6.07) is 2.22. The van der Waals surface area contributed by atoms with Crippen molar-refractivity contribution in [1.82, 2.24) is 4.90 Å². The molecule has 0 radical (unpaired) electrons. The maximum Gasteiger partial charge on any atom is 0.263 e. The van der Waals surface area contributed by atoms with E-state index < -0.39 is 0 Å². The Kier molecular flexibility index (Phi) is 4.50. The Bertz CT molecular complexity index is 427. The van der Waals surface area contributed by atoms with Gasteiger partial charge in [-0.3, -0.25) is 4.79 Å². The van der Waals surface area contributed by atoms with Crippen LogP contribution in [0.1, 0.15) is 53.6 Å². The van der Waals surface area contributed by atoms with Gasteiger partial charge in [0.25, 0.3) is 5.91 Å². The fourth-order valence-corrected chi connectivity index (χ4v) is 3.81. The van der Waals surface area contributed by atoms with Crippen LogP contribution in [0.4, 0.5) is 5.69 Å². The number of carbonyl (C=O) groups is 1. The maximum atomic E-state index is 12.4. The van der Waals surface area contributed by atoms with E-state index in [1.54, 1.807) is 0 Å². The maximum absolute atomic E-state index is 12.4. The van der Waals surface area contributed by atoms with E-state index in [4.69, 9.17) is 5.73 Å². The molecular formula is C15H24N2OS. The predicted molar refractivity (Wildman–Crippen MR) is 81.6 cm³/mol. The van der Waals surface area contributed by atoms with Gasteiger partial charge in [-0.25, -0.2) is 0 Å². The summed E-state index contributed by atoms with van der Waals surface area (Å²) in [6.07, 6.45) is 6.06. The molecular weight excluding hydrogens is 256 g/mol.